The van der Waals surface area contributed by atoms with Crippen molar-refractivity contribution in [2.24, 2.45) is 0 Å². The first-order valence-corrected chi connectivity index (χ1v) is 15.5. The molecule has 1 saturated carbocycles. The lowest BCUT2D eigenvalue weighted by molar-refractivity contribution is -0.140. The van der Waals surface area contributed by atoms with Crippen LogP contribution in [0.2, 0.25) is 0 Å². The van der Waals surface area contributed by atoms with Crippen molar-refractivity contribution in [3.8, 4) is 17.6 Å². The van der Waals surface area contributed by atoms with Gasteiger partial charge in [0, 0.05) is 36.3 Å². The zero-order valence-electron chi connectivity index (χ0n) is 24.0. The molecule has 1 aliphatic carbocycles. The van der Waals surface area contributed by atoms with Gasteiger partial charge in [-0.25, -0.2) is 8.42 Å². The molecule has 0 saturated heterocycles. The highest BCUT2D eigenvalue weighted by molar-refractivity contribution is 7.90. The maximum atomic E-state index is 13.6. The fraction of sp³-hybridized carbons (Fsp3) is 0.433. The van der Waals surface area contributed by atoms with Crippen molar-refractivity contribution in [1.29, 1.82) is 0 Å². The summed E-state index contributed by atoms with van der Waals surface area (Å²) in [4.78, 5) is 13.9. The third-order valence-electron chi connectivity index (χ3n) is 7.28. The Labute approximate surface area is 244 Å². The highest BCUT2D eigenvalue weighted by Crippen LogP contribution is 2.33. The van der Waals surface area contributed by atoms with Gasteiger partial charge in [0.15, 0.2) is 9.84 Å². The van der Waals surface area contributed by atoms with Gasteiger partial charge in [-0.15, -0.1) is 0 Å². The molecule has 12 heteroatoms. The SMILES string of the molecule is CC(=O)Nc1cc(S(C)(=O)=O)ccc1OCC#Cc1cc2c(NC3CCC(N(C)C)CC3)cccc2n1CC(F)(F)F. The zero-order chi connectivity index (χ0) is 30.7. The molecule has 8 nitrogen and oxygen atoms in total. The molecule has 0 radical (unpaired) electrons. The Bertz CT molecular complexity index is 1610. The number of hydrogen-bond donors (Lipinski definition) is 2. The maximum absolute atomic E-state index is 13.6. The molecule has 42 heavy (non-hydrogen) atoms. The highest BCUT2D eigenvalue weighted by Gasteiger charge is 2.30. The maximum Gasteiger partial charge on any atom is 0.406 e. The molecule has 226 valence electrons. The number of amides is 1. The third kappa shape index (κ3) is 7.98. The van der Waals surface area contributed by atoms with Crippen LogP contribution in [-0.2, 0) is 21.2 Å². The topological polar surface area (TPSA) is 92.7 Å². The summed E-state index contributed by atoms with van der Waals surface area (Å²) in [6, 6.07) is 11.7. The summed E-state index contributed by atoms with van der Waals surface area (Å²) in [5.41, 5.74) is 1.53. The number of anilines is 2. The van der Waals surface area contributed by atoms with E-state index >= 15 is 0 Å². The molecular weight excluding hydrogens is 569 g/mol. The molecule has 4 rings (SSSR count). The van der Waals surface area contributed by atoms with E-state index in [1.807, 2.05) is 6.07 Å². The lowest BCUT2D eigenvalue weighted by Crippen LogP contribution is -2.36. The highest BCUT2D eigenvalue weighted by atomic mass is 32.2. The monoisotopic (exact) mass is 604 g/mol. The lowest BCUT2D eigenvalue weighted by Gasteiger charge is -2.33. The predicted octanol–water partition coefficient (Wildman–Crippen LogP) is 5.28. The Morgan fingerprint density at radius 1 is 1.10 bits per heavy atom. The summed E-state index contributed by atoms with van der Waals surface area (Å²) in [5.74, 6) is 5.33. The number of alkyl halides is 3. The van der Waals surface area contributed by atoms with Crippen LogP contribution in [-0.4, -0.2) is 69.0 Å². The first kappa shape index (κ1) is 31.3. The molecule has 3 aromatic rings. The Hall–Kier alpha value is -3.69. The minimum absolute atomic E-state index is 0.00323. The van der Waals surface area contributed by atoms with Crippen molar-refractivity contribution in [2.75, 3.05) is 37.6 Å². The zero-order valence-corrected chi connectivity index (χ0v) is 24.8. The molecule has 1 fully saturated rings. The van der Waals surface area contributed by atoms with E-state index in [-0.39, 0.29) is 34.7 Å². The van der Waals surface area contributed by atoms with Crippen LogP contribution in [0.4, 0.5) is 24.5 Å². The molecule has 0 spiro atoms. The van der Waals surface area contributed by atoms with Crippen LogP contribution in [0, 0.1) is 11.8 Å². The number of aromatic nitrogens is 1. The summed E-state index contributed by atoms with van der Waals surface area (Å²) in [6.45, 7) is -0.134. The second kappa shape index (κ2) is 12.7. The summed E-state index contributed by atoms with van der Waals surface area (Å²) in [7, 11) is 0.625. The molecule has 0 aliphatic heterocycles. The van der Waals surface area contributed by atoms with E-state index in [9.17, 15) is 26.4 Å². The van der Waals surface area contributed by atoms with Gasteiger partial charge >= 0.3 is 6.18 Å². The molecule has 0 atom stereocenters. The van der Waals surface area contributed by atoms with Gasteiger partial charge in [-0.2, -0.15) is 13.2 Å². The molecule has 1 amide bonds. The molecule has 2 aromatic carbocycles. The Morgan fingerprint density at radius 3 is 2.43 bits per heavy atom. The minimum atomic E-state index is -4.46. The van der Waals surface area contributed by atoms with Gasteiger partial charge in [0.2, 0.25) is 5.91 Å². The van der Waals surface area contributed by atoms with Crippen molar-refractivity contribution in [1.82, 2.24) is 9.47 Å². The van der Waals surface area contributed by atoms with E-state index in [2.05, 4.69) is 41.5 Å². The number of sulfone groups is 1. The number of fused-ring (bicyclic) bond motifs is 1. The number of rotatable bonds is 8. The number of ether oxygens (including phenoxy) is 1. The van der Waals surface area contributed by atoms with Crippen LogP contribution in [0.15, 0.2) is 47.4 Å². The normalized spacial score (nSPS) is 17.5. The van der Waals surface area contributed by atoms with E-state index in [1.165, 1.54) is 25.1 Å². The van der Waals surface area contributed by atoms with E-state index in [4.69, 9.17) is 4.74 Å². The van der Waals surface area contributed by atoms with E-state index in [0.29, 0.717) is 16.9 Å². The molecule has 1 heterocycles. The Balaban J connectivity index is 1.59. The molecule has 1 aromatic heterocycles. The molecule has 0 unspecified atom stereocenters. The third-order valence-corrected chi connectivity index (χ3v) is 8.39. The summed E-state index contributed by atoms with van der Waals surface area (Å²) < 4.78 is 71.4. The summed E-state index contributed by atoms with van der Waals surface area (Å²) in [6.07, 6.45) is 0.625. The Kier molecular flexibility index (Phi) is 9.43. The van der Waals surface area contributed by atoms with Gasteiger partial charge in [0.25, 0.3) is 0 Å². The number of hydrogen-bond acceptors (Lipinski definition) is 6. The van der Waals surface area contributed by atoms with Gasteiger partial charge in [-0.05, 0) is 82.1 Å². The standard InChI is InChI=1S/C30H35F3N4O4S/c1-20(38)34-27-18-24(42(4,39)40)14-15-29(27)41-16-6-7-23-17-25-26(35-21-10-12-22(13-11-21)36(2)3)8-5-9-28(25)37(23)19-30(31,32)33/h5,8-9,14-15,17-18,21-22,35H,10-13,16,19H2,1-4H3,(H,34,38). The van der Waals surface area contributed by atoms with Gasteiger partial charge in [-0.1, -0.05) is 12.0 Å². The van der Waals surface area contributed by atoms with E-state index in [1.54, 1.807) is 18.2 Å². The van der Waals surface area contributed by atoms with Crippen LogP contribution in [0.25, 0.3) is 10.9 Å². The van der Waals surface area contributed by atoms with Crippen molar-refractivity contribution >= 4 is 38.0 Å². The minimum Gasteiger partial charge on any atom is -0.479 e. The molecule has 2 N–H and O–H groups in total. The fourth-order valence-electron chi connectivity index (χ4n) is 5.21. The first-order chi connectivity index (χ1) is 19.7. The smallest absolute Gasteiger partial charge is 0.406 e. The van der Waals surface area contributed by atoms with Crippen molar-refractivity contribution in [3.05, 3.63) is 48.2 Å². The van der Waals surface area contributed by atoms with E-state index in [0.717, 1.165) is 42.2 Å². The van der Waals surface area contributed by atoms with Gasteiger partial charge < -0.3 is 24.8 Å². The molecular formula is C30H35F3N4O4S. The van der Waals surface area contributed by atoms with Crippen LogP contribution in [0.1, 0.15) is 38.3 Å². The van der Waals surface area contributed by atoms with E-state index < -0.39 is 28.5 Å². The number of nitrogens with one attached hydrogen (secondary N) is 2. The Morgan fingerprint density at radius 2 is 1.81 bits per heavy atom. The van der Waals surface area contributed by atoms with Crippen LogP contribution < -0.4 is 15.4 Å². The van der Waals surface area contributed by atoms with Crippen molar-refractivity contribution < 1.29 is 31.1 Å². The number of nitrogens with zero attached hydrogens (tertiary/aromatic N) is 2. The van der Waals surface area contributed by atoms with Crippen LogP contribution >= 0.6 is 0 Å². The van der Waals surface area contributed by atoms with Crippen LogP contribution in [0.5, 0.6) is 5.75 Å². The number of carbonyl (C=O) groups excluding carboxylic acids is 1. The predicted molar refractivity (Wildman–Crippen MR) is 158 cm³/mol. The lowest BCUT2D eigenvalue weighted by atomic mass is 9.90. The number of carbonyl (C=O) groups is 1. The van der Waals surface area contributed by atoms with Crippen molar-refractivity contribution in [2.45, 2.75) is 62.3 Å². The second-order valence-corrected chi connectivity index (χ2v) is 12.8. The summed E-state index contributed by atoms with van der Waals surface area (Å²) in [5, 5.41) is 6.74. The largest absolute Gasteiger partial charge is 0.479 e. The number of benzene rings is 2. The second-order valence-electron chi connectivity index (χ2n) is 10.8. The van der Waals surface area contributed by atoms with Crippen molar-refractivity contribution in [3.63, 3.8) is 0 Å². The quantitative estimate of drug-likeness (QED) is 0.340. The number of halogens is 3. The van der Waals surface area contributed by atoms with Crippen LogP contribution in [0.3, 0.4) is 0 Å². The average molecular weight is 605 g/mol. The summed E-state index contributed by atoms with van der Waals surface area (Å²) >= 11 is 0. The van der Waals surface area contributed by atoms with Gasteiger partial charge in [-0.3, -0.25) is 4.79 Å². The average Bonchev–Trinajstić information content (AvgIpc) is 3.23. The fourth-order valence-corrected chi connectivity index (χ4v) is 5.86. The van der Waals surface area contributed by atoms with Gasteiger partial charge in [0.05, 0.1) is 21.8 Å². The molecule has 0 bridgehead atoms. The molecule has 1 aliphatic rings. The first-order valence-electron chi connectivity index (χ1n) is 13.6. The van der Waals surface area contributed by atoms with Gasteiger partial charge in [0.1, 0.15) is 18.9 Å².